The topological polar surface area (TPSA) is 77.6 Å². The van der Waals surface area contributed by atoms with Gasteiger partial charge in [-0.1, -0.05) is 73.1 Å². The third kappa shape index (κ3) is 5.09. The molecule has 7 nitrogen and oxygen atoms in total. The van der Waals surface area contributed by atoms with Crippen LogP contribution in [0.3, 0.4) is 0 Å². The summed E-state index contributed by atoms with van der Waals surface area (Å²) in [5, 5.41) is 17.7. The smallest absolute Gasteiger partial charge is 0.236 e. The number of carbonyl (C=O) groups excluding carboxylic acids is 1. The lowest BCUT2D eigenvalue weighted by Crippen LogP contribution is -2.17. The molecule has 2 aliphatic carbocycles. The third-order valence-corrected chi connectivity index (χ3v) is 7.94. The van der Waals surface area contributed by atoms with E-state index in [4.69, 9.17) is 5.10 Å². The summed E-state index contributed by atoms with van der Waals surface area (Å²) in [5.74, 6) is 2.90. The Balaban J connectivity index is 1.18. The normalized spacial score (nSPS) is 15.9. The van der Waals surface area contributed by atoms with Crippen LogP contribution in [0.4, 0.5) is 5.82 Å². The van der Waals surface area contributed by atoms with Gasteiger partial charge in [0.25, 0.3) is 0 Å². The summed E-state index contributed by atoms with van der Waals surface area (Å²) in [4.78, 5) is 13.1. The molecular formula is C28H30N6OS. The van der Waals surface area contributed by atoms with Crippen molar-refractivity contribution in [3.63, 3.8) is 0 Å². The predicted molar refractivity (Wildman–Crippen MR) is 142 cm³/mol. The molecule has 2 heterocycles. The van der Waals surface area contributed by atoms with Crippen LogP contribution < -0.4 is 5.32 Å². The quantitative estimate of drug-likeness (QED) is 0.296. The molecule has 0 bridgehead atoms. The van der Waals surface area contributed by atoms with Gasteiger partial charge in [0.05, 0.1) is 23.7 Å². The van der Waals surface area contributed by atoms with Gasteiger partial charge in [0.2, 0.25) is 5.91 Å². The molecule has 1 amide bonds. The number of hydrogen-bond donors (Lipinski definition) is 1. The fraction of sp³-hybridized carbons (Fsp3) is 0.357. The number of nitrogens with zero attached hydrogens (tertiary/aromatic N) is 5. The summed E-state index contributed by atoms with van der Waals surface area (Å²) in [6.45, 7) is 0.717. The van der Waals surface area contributed by atoms with E-state index in [-0.39, 0.29) is 11.7 Å². The summed E-state index contributed by atoms with van der Waals surface area (Å²) >= 11 is 1.44. The van der Waals surface area contributed by atoms with Gasteiger partial charge in [-0.15, -0.1) is 10.2 Å². The summed E-state index contributed by atoms with van der Waals surface area (Å²) in [5.41, 5.74) is 3.22. The Morgan fingerprint density at radius 2 is 1.64 bits per heavy atom. The molecule has 2 aromatic heterocycles. The number of nitrogens with one attached hydrogen (secondary N) is 1. The number of carbonyl (C=O) groups is 1. The highest BCUT2D eigenvalue weighted by molar-refractivity contribution is 7.99. The molecule has 2 saturated carbocycles. The monoisotopic (exact) mass is 498 g/mol. The maximum absolute atomic E-state index is 13.1. The number of aromatic nitrogens is 5. The molecule has 184 valence electrons. The fourth-order valence-corrected chi connectivity index (χ4v) is 5.69. The third-order valence-electron chi connectivity index (χ3n) is 6.97. The second kappa shape index (κ2) is 10.3. The van der Waals surface area contributed by atoms with Gasteiger partial charge in [0, 0.05) is 17.9 Å². The Labute approximate surface area is 215 Å². The zero-order valence-electron chi connectivity index (χ0n) is 20.2. The van der Waals surface area contributed by atoms with Crippen molar-refractivity contribution in [2.75, 3.05) is 11.1 Å². The molecule has 0 atom stereocenters. The highest BCUT2D eigenvalue weighted by Crippen LogP contribution is 2.40. The van der Waals surface area contributed by atoms with Gasteiger partial charge < -0.3 is 9.88 Å². The van der Waals surface area contributed by atoms with Gasteiger partial charge in [-0.25, -0.2) is 4.68 Å². The van der Waals surface area contributed by atoms with Crippen LogP contribution in [0, 0.1) is 0 Å². The second-order valence-corrected chi connectivity index (χ2v) is 10.6. The first kappa shape index (κ1) is 23.0. The van der Waals surface area contributed by atoms with E-state index in [1.807, 2.05) is 53.2 Å². The minimum absolute atomic E-state index is 0.0720. The number of amides is 1. The summed E-state index contributed by atoms with van der Waals surface area (Å²) in [7, 11) is 0. The van der Waals surface area contributed by atoms with Crippen molar-refractivity contribution in [1.29, 1.82) is 0 Å². The second-order valence-electron chi connectivity index (χ2n) is 9.71. The van der Waals surface area contributed by atoms with E-state index in [9.17, 15) is 4.79 Å². The summed E-state index contributed by atoms with van der Waals surface area (Å²) in [6, 6.07) is 22.4. The number of thioether (sulfide) groups is 1. The van der Waals surface area contributed by atoms with Gasteiger partial charge >= 0.3 is 0 Å². The zero-order valence-corrected chi connectivity index (χ0v) is 21.0. The molecule has 0 radical (unpaired) electrons. The van der Waals surface area contributed by atoms with E-state index in [1.165, 1.54) is 30.2 Å². The molecule has 2 fully saturated rings. The molecule has 2 aliphatic rings. The van der Waals surface area contributed by atoms with Gasteiger partial charge in [0.1, 0.15) is 11.6 Å². The van der Waals surface area contributed by atoms with Crippen LogP contribution in [0.25, 0.3) is 5.69 Å². The van der Waals surface area contributed by atoms with Gasteiger partial charge in [-0.05, 0) is 43.4 Å². The van der Waals surface area contributed by atoms with Crippen molar-refractivity contribution in [2.24, 2.45) is 0 Å². The molecule has 1 N–H and O–H groups in total. The highest BCUT2D eigenvalue weighted by Gasteiger charge is 2.30. The minimum Gasteiger partial charge on any atom is -0.310 e. The lowest BCUT2D eigenvalue weighted by Gasteiger charge is -2.11. The van der Waals surface area contributed by atoms with E-state index < -0.39 is 0 Å². The Morgan fingerprint density at radius 3 is 2.36 bits per heavy atom. The van der Waals surface area contributed by atoms with Gasteiger partial charge in [0.15, 0.2) is 5.16 Å². The molecule has 8 heteroatoms. The fourth-order valence-electron chi connectivity index (χ4n) is 4.95. The van der Waals surface area contributed by atoms with Crippen LogP contribution in [0.15, 0.2) is 71.9 Å². The molecule has 0 aliphatic heterocycles. The van der Waals surface area contributed by atoms with Crippen LogP contribution >= 0.6 is 11.8 Å². The van der Waals surface area contributed by atoms with Crippen molar-refractivity contribution in [3.8, 4) is 5.69 Å². The number of rotatable bonds is 9. The lowest BCUT2D eigenvalue weighted by molar-refractivity contribution is -0.113. The Hall–Kier alpha value is -3.39. The van der Waals surface area contributed by atoms with Crippen molar-refractivity contribution in [3.05, 3.63) is 83.8 Å². The van der Waals surface area contributed by atoms with Crippen molar-refractivity contribution in [1.82, 2.24) is 24.5 Å². The summed E-state index contributed by atoms with van der Waals surface area (Å²) in [6.07, 6.45) is 7.13. The molecule has 2 aromatic carbocycles. The molecule has 0 saturated heterocycles. The van der Waals surface area contributed by atoms with E-state index >= 15 is 0 Å². The Kier molecular flexibility index (Phi) is 6.59. The van der Waals surface area contributed by atoms with Gasteiger partial charge in [-0.2, -0.15) is 5.10 Å². The average molecular weight is 499 g/mol. The molecule has 0 spiro atoms. The SMILES string of the molecule is O=C(CSc1nnc(C2CC2)n1Cc1ccccc1)Nc1cc(C2CCCC2)nn1-c1ccccc1. The van der Waals surface area contributed by atoms with Crippen LogP contribution in [-0.4, -0.2) is 36.2 Å². The van der Waals surface area contributed by atoms with Crippen LogP contribution in [-0.2, 0) is 11.3 Å². The number of anilines is 1. The standard InChI is InChI=1S/C28H30N6OS/c35-26(19-36-28-31-30-27(22-15-16-22)33(28)18-20-9-3-1-4-10-20)29-25-17-24(21-11-7-8-12-21)32-34(25)23-13-5-2-6-14-23/h1-6,9-10,13-14,17,21-22H,7-8,11-12,15-16,18-19H2,(H,29,35). The first-order valence-electron chi connectivity index (χ1n) is 12.8. The first-order valence-corrected chi connectivity index (χ1v) is 13.8. The number of benzene rings is 2. The van der Waals surface area contributed by atoms with E-state index in [1.54, 1.807) is 0 Å². The largest absolute Gasteiger partial charge is 0.310 e. The zero-order chi connectivity index (χ0) is 24.3. The van der Waals surface area contributed by atoms with E-state index in [0.717, 1.165) is 60.4 Å². The van der Waals surface area contributed by atoms with E-state index in [2.05, 4.69) is 38.3 Å². The van der Waals surface area contributed by atoms with E-state index in [0.29, 0.717) is 11.8 Å². The Bertz CT molecular complexity index is 1320. The lowest BCUT2D eigenvalue weighted by atomic mass is 10.0. The number of para-hydroxylation sites is 1. The van der Waals surface area contributed by atoms with Crippen molar-refractivity contribution >= 4 is 23.5 Å². The van der Waals surface area contributed by atoms with Gasteiger partial charge in [-0.3, -0.25) is 4.79 Å². The minimum atomic E-state index is -0.0720. The maximum Gasteiger partial charge on any atom is 0.236 e. The molecule has 0 unspecified atom stereocenters. The molecule has 4 aromatic rings. The summed E-state index contributed by atoms with van der Waals surface area (Å²) < 4.78 is 4.04. The molecular weight excluding hydrogens is 468 g/mol. The maximum atomic E-state index is 13.1. The van der Waals surface area contributed by atoms with Crippen molar-refractivity contribution in [2.45, 2.75) is 62.1 Å². The van der Waals surface area contributed by atoms with Crippen LogP contribution in [0.1, 0.15) is 67.4 Å². The average Bonchev–Trinajstić information content (AvgIpc) is 3.28. The highest BCUT2D eigenvalue weighted by atomic mass is 32.2. The molecule has 6 rings (SSSR count). The number of hydrogen-bond acceptors (Lipinski definition) is 5. The molecule has 36 heavy (non-hydrogen) atoms. The van der Waals surface area contributed by atoms with Crippen LogP contribution in [0.5, 0.6) is 0 Å². The van der Waals surface area contributed by atoms with Crippen molar-refractivity contribution < 1.29 is 4.79 Å². The first-order chi connectivity index (χ1) is 17.7. The van der Waals surface area contributed by atoms with Crippen LogP contribution in [0.2, 0.25) is 0 Å². The Morgan fingerprint density at radius 1 is 0.917 bits per heavy atom. The predicted octanol–water partition coefficient (Wildman–Crippen LogP) is 5.78.